The first kappa shape index (κ1) is 47.1. The molecule has 0 aliphatic rings. The molecule has 0 bridgehead atoms. The fourth-order valence-electron chi connectivity index (χ4n) is 5.98. The molecule has 3 rings (SSSR count). The lowest BCUT2D eigenvalue weighted by molar-refractivity contribution is -0.141. The van der Waals surface area contributed by atoms with Crippen LogP contribution in [0.5, 0.6) is 0 Å². The van der Waals surface area contributed by atoms with Gasteiger partial charge in [0.1, 0.15) is 30.7 Å². The van der Waals surface area contributed by atoms with Gasteiger partial charge in [0, 0.05) is 43.0 Å². The van der Waals surface area contributed by atoms with E-state index in [-0.39, 0.29) is 57.1 Å². The van der Waals surface area contributed by atoms with Crippen molar-refractivity contribution >= 4 is 64.3 Å². The topological polar surface area (TPSA) is 391 Å². The molecule has 1 heterocycles. The molecule has 5 atom stereocenters. The molecule has 22 nitrogen and oxygen atoms in total. The number of hydrogen-bond donors (Lipinski definition) is 13. The molecule has 324 valence electrons. The highest BCUT2D eigenvalue weighted by atomic mass is 16.4. The Balaban J connectivity index is 1.89. The first-order chi connectivity index (χ1) is 28.5. The highest BCUT2D eigenvalue weighted by Gasteiger charge is 2.33. The molecule has 0 spiro atoms. The van der Waals surface area contributed by atoms with Gasteiger partial charge in [0.05, 0.1) is 12.5 Å². The quantitative estimate of drug-likeness (QED) is 0.0230. The molecule has 22 heteroatoms. The van der Waals surface area contributed by atoms with Crippen molar-refractivity contribution in [2.45, 2.75) is 75.2 Å². The van der Waals surface area contributed by atoms with Crippen molar-refractivity contribution in [3.8, 4) is 0 Å². The number of H-pyrrole nitrogens is 1. The number of guanidine groups is 2. The van der Waals surface area contributed by atoms with Crippen molar-refractivity contribution in [1.29, 1.82) is 0 Å². The summed E-state index contributed by atoms with van der Waals surface area (Å²) >= 11 is 0. The van der Waals surface area contributed by atoms with E-state index in [2.05, 4.69) is 41.6 Å². The first-order valence-corrected chi connectivity index (χ1v) is 18.9. The van der Waals surface area contributed by atoms with Crippen LogP contribution < -0.4 is 55.3 Å². The molecule has 0 saturated carbocycles. The summed E-state index contributed by atoms with van der Waals surface area (Å²) in [4.78, 5) is 102. The Morgan fingerprint density at radius 2 is 1.15 bits per heavy atom. The molecule has 0 unspecified atom stereocenters. The number of carbonyl (C=O) groups excluding carboxylic acids is 5. The van der Waals surface area contributed by atoms with Crippen LogP contribution in [0.4, 0.5) is 0 Å². The molecule has 18 N–H and O–H groups in total. The molecular weight excluding hydrogens is 782 g/mol. The first-order valence-electron chi connectivity index (χ1n) is 18.9. The molecule has 60 heavy (non-hydrogen) atoms. The number of nitrogens with two attached hydrogens (primary N) is 5. The highest BCUT2D eigenvalue weighted by molar-refractivity contribution is 5.98. The Morgan fingerprint density at radius 3 is 1.78 bits per heavy atom. The molecule has 0 fully saturated rings. The number of fused-ring (bicyclic) bond motifs is 1. The number of benzene rings is 2. The van der Waals surface area contributed by atoms with Gasteiger partial charge in [-0.25, -0.2) is 0 Å². The summed E-state index contributed by atoms with van der Waals surface area (Å²) in [5.74, 6) is -7.62. The number of carboxylic acid groups (broad SMARTS) is 2. The number of nitrogens with zero attached hydrogens (tertiary/aromatic N) is 2. The molecule has 2 aromatic carbocycles. The largest absolute Gasteiger partial charge is 0.481 e. The van der Waals surface area contributed by atoms with E-state index in [0.29, 0.717) is 17.5 Å². The zero-order valence-corrected chi connectivity index (χ0v) is 32.8. The SMILES string of the molecule is NC(N)=NCCC[C@H](NC(=O)[C@H](CC(=O)O)NC(=O)[C@@H](Cc1c[nH]c2ccccc12)NC(=O)[C@@H](N)CCCN=C(N)N)C(=O)N[C@@H](Cc1ccccc1)C(=O)NCC(=O)O. The smallest absolute Gasteiger partial charge is 0.322 e. The van der Waals surface area contributed by atoms with Crippen molar-refractivity contribution in [1.82, 2.24) is 31.6 Å². The van der Waals surface area contributed by atoms with Gasteiger partial charge in [-0.05, 0) is 42.9 Å². The summed E-state index contributed by atoms with van der Waals surface area (Å²) in [5.41, 5.74) is 29.7. The lowest BCUT2D eigenvalue weighted by Gasteiger charge is -2.26. The molecule has 0 aliphatic heterocycles. The summed E-state index contributed by atoms with van der Waals surface area (Å²) < 4.78 is 0. The minimum absolute atomic E-state index is 0.0233. The third kappa shape index (κ3) is 16.3. The van der Waals surface area contributed by atoms with Gasteiger partial charge in [0.25, 0.3) is 0 Å². The molecule has 0 radical (unpaired) electrons. The summed E-state index contributed by atoms with van der Waals surface area (Å²) in [6.07, 6.45) is 1.02. The van der Waals surface area contributed by atoms with Crippen LogP contribution in [0.25, 0.3) is 10.9 Å². The number of rotatable bonds is 25. The van der Waals surface area contributed by atoms with Crippen LogP contribution in [-0.2, 0) is 46.4 Å². The van der Waals surface area contributed by atoms with Crippen LogP contribution in [0.3, 0.4) is 0 Å². The van der Waals surface area contributed by atoms with Gasteiger partial charge in [-0.15, -0.1) is 0 Å². The molecular formula is C38H53N13O9. The predicted octanol–water partition coefficient (Wildman–Crippen LogP) is -3.00. The minimum atomic E-state index is -1.78. The Hall–Kier alpha value is -7.23. The number of hydrogen-bond acceptors (Lipinski definition) is 10. The van der Waals surface area contributed by atoms with E-state index >= 15 is 0 Å². The van der Waals surface area contributed by atoms with Crippen molar-refractivity contribution in [2.24, 2.45) is 38.7 Å². The average molecular weight is 836 g/mol. The van der Waals surface area contributed by atoms with E-state index in [9.17, 15) is 38.7 Å². The van der Waals surface area contributed by atoms with Gasteiger partial charge >= 0.3 is 11.9 Å². The maximum absolute atomic E-state index is 14.0. The second-order valence-corrected chi connectivity index (χ2v) is 13.7. The monoisotopic (exact) mass is 835 g/mol. The lowest BCUT2D eigenvalue weighted by atomic mass is 10.0. The van der Waals surface area contributed by atoms with Gasteiger partial charge in [0.15, 0.2) is 11.9 Å². The van der Waals surface area contributed by atoms with Gasteiger partial charge in [-0.1, -0.05) is 48.5 Å². The zero-order valence-electron chi connectivity index (χ0n) is 32.8. The fourth-order valence-corrected chi connectivity index (χ4v) is 5.98. The van der Waals surface area contributed by atoms with Crippen LogP contribution in [0.15, 0.2) is 70.8 Å². The van der Waals surface area contributed by atoms with E-state index in [0.717, 1.165) is 10.9 Å². The highest BCUT2D eigenvalue weighted by Crippen LogP contribution is 2.19. The van der Waals surface area contributed by atoms with Crippen LogP contribution in [0, 0.1) is 0 Å². The van der Waals surface area contributed by atoms with E-state index in [4.69, 9.17) is 33.8 Å². The van der Waals surface area contributed by atoms with E-state index < -0.39 is 84.6 Å². The molecule has 5 amide bonds. The lowest BCUT2D eigenvalue weighted by Crippen LogP contribution is -2.59. The second-order valence-electron chi connectivity index (χ2n) is 13.7. The third-order valence-corrected chi connectivity index (χ3v) is 8.96. The summed E-state index contributed by atoms with van der Waals surface area (Å²) in [6.45, 7) is -0.509. The van der Waals surface area contributed by atoms with Gasteiger partial charge < -0.3 is 70.4 Å². The Bertz CT molecular complexity index is 2010. The number of amides is 5. The zero-order chi connectivity index (χ0) is 44.2. The summed E-state index contributed by atoms with van der Waals surface area (Å²) in [5, 5.41) is 31.9. The normalized spacial score (nSPS) is 13.3. The number of carbonyl (C=O) groups is 7. The minimum Gasteiger partial charge on any atom is -0.481 e. The van der Waals surface area contributed by atoms with E-state index in [1.165, 1.54) is 0 Å². The van der Waals surface area contributed by atoms with Gasteiger partial charge in [0.2, 0.25) is 29.5 Å². The summed E-state index contributed by atoms with van der Waals surface area (Å²) in [6, 6.07) is 8.72. The van der Waals surface area contributed by atoms with Crippen LogP contribution in [0.1, 0.15) is 43.2 Å². The molecule has 0 aliphatic carbocycles. The van der Waals surface area contributed by atoms with Crippen molar-refractivity contribution in [2.75, 3.05) is 19.6 Å². The molecule has 1 aromatic heterocycles. The van der Waals surface area contributed by atoms with Crippen molar-refractivity contribution < 1.29 is 43.8 Å². The third-order valence-electron chi connectivity index (χ3n) is 8.96. The number of carboxylic acids is 2. The van der Waals surface area contributed by atoms with Crippen LogP contribution in [0.2, 0.25) is 0 Å². The molecule has 3 aromatic rings. The van der Waals surface area contributed by atoms with Crippen LogP contribution in [-0.4, -0.2) is 118 Å². The van der Waals surface area contributed by atoms with Crippen LogP contribution >= 0.6 is 0 Å². The number of aliphatic imine (C=N–C) groups is 2. The maximum atomic E-state index is 14.0. The second kappa shape index (κ2) is 23.9. The van der Waals surface area contributed by atoms with Crippen molar-refractivity contribution in [3.63, 3.8) is 0 Å². The maximum Gasteiger partial charge on any atom is 0.322 e. The van der Waals surface area contributed by atoms with E-state index in [1.54, 1.807) is 54.7 Å². The number of para-hydroxylation sites is 1. The standard InChI is InChI=1S/C38H53N13O9/c39-24(11-6-14-44-37(40)41)32(56)49-28(17-22-19-46-25-12-5-4-10-23(22)25)35(59)51-29(18-30(52)53)36(60)48-26(13-7-15-45-38(42)43)34(58)50-27(33(57)47-20-31(54)55)16-21-8-2-1-3-9-21/h1-5,8-10,12,19,24,26-29,46H,6-7,11,13-18,20,39H2,(H,47,57)(H,48,60)(H,49,56)(H,50,58)(H,51,59)(H,52,53)(H,54,55)(H4,40,41,44)(H4,42,43,45)/t24-,26-,27-,28+,29-/m0/s1. The Labute approximate surface area is 344 Å². The predicted molar refractivity (Wildman–Crippen MR) is 221 cm³/mol. The number of nitrogens with one attached hydrogen (secondary N) is 6. The fraction of sp³-hybridized carbons (Fsp3) is 0.395. The number of aliphatic carboxylic acids is 2. The average Bonchev–Trinajstić information content (AvgIpc) is 3.61. The Morgan fingerprint density at radius 1 is 0.617 bits per heavy atom. The van der Waals surface area contributed by atoms with Crippen molar-refractivity contribution in [3.05, 3.63) is 71.9 Å². The summed E-state index contributed by atoms with van der Waals surface area (Å²) in [7, 11) is 0. The Kier molecular flexibility index (Phi) is 18.8. The van der Waals surface area contributed by atoms with E-state index in [1.807, 2.05) is 6.07 Å². The van der Waals surface area contributed by atoms with Gasteiger partial charge in [-0.2, -0.15) is 0 Å². The number of aromatic amines is 1. The molecule has 0 saturated heterocycles. The number of aromatic nitrogens is 1. The van der Waals surface area contributed by atoms with Gasteiger partial charge in [-0.3, -0.25) is 43.5 Å².